The highest BCUT2D eigenvalue weighted by molar-refractivity contribution is 6.07. The maximum Gasteiger partial charge on any atom is 0.259 e. The number of hydrogen-bond donors (Lipinski definition) is 2. The van der Waals surface area contributed by atoms with Gasteiger partial charge >= 0.3 is 0 Å². The van der Waals surface area contributed by atoms with Crippen LogP contribution in [0, 0.1) is 19.7 Å². The number of pyridine rings is 2. The Labute approximate surface area is 154 Å². The number of nitrogens with zero attached hydrogens (tertiary/aromatic N) is 2. The van der Waals surface area contributed by atoms with E-state index in [0.29, 0.717) is 29.2 Å². The van der Waals surface area contributed by atoms with Crippen LogP contribution in [0.4, 0.5) is 15.9 Å². The molecule has 2 aromatic heterocycles. The van der Waals surface area contributed by atoms with Gasteiger partial charge in [-0.3, -0.25) is 9.78 Å². The van der Waals surface area contributed by atoms with Gasteiger partial charge in [-0.2, -0.15) is 0 Å². The van der Waals surface area contributed by atoms with Crippen molar-refractivity contribution in [3.8, 4) is 0 Å². The molecule has 3 rings (SSSR count). The fraction of sp³-hybridized carbons (Fsp3) is 0.150. The van der Waals surface area contributed by atoms with E-state index in [1.54, 1.807) is 43.6 Å². The first-order valence-corrected chi connectivity index (χ1v) is 8.21. The lowest BCUT2D eigenvalue weighted by atomic mass is 10.2. The first kappa shape index (κ1) is 17.5. The average molecular weight is 354 g/mol. The van der Waals surface area contributed by atoms with Gasteiger partial charge < -0.3 is 10.6 Å². The number of aromatic nitrogens is 2. The van der Waals surface area contributed by atoms with Gasteiger partial charge in [-0.1, -0.05) is 6.07 Å². The summed E-state index contributed by atoms with van der Waals surface area (Å²) in [5, 5.41) is 5.90. The zero-order valence-electron chi connectivity index (χ0n) is 14.6. The van der Waals surface area contributed by atoms with Gasteiger partial charge in [-0.05, 0) is 61.4 Å². The van der Waals surface area contributed by atoms with Crippen molar-refractivity contribution in [1.29, 1.82) is 0 Å². The van der Waals surface area contributed by atoms with Gasteiger partial charge in [0.25, 0.3) is 5.91 Å². The van der Waals surface area contributed by atoms with Crippen LogP contribution in [0.1, 0.15) is 30.0 Å². The molecule has 0 unspecified atom stereocenters. The molecule has 5 nitrogen and oxygen atoms in total. The van der Waals surface area contributed by atoms with Crippen molar-refractivity contribution in [2.45, 2.75) is 20.4 Å². The Bertz CT molecular complexity index is 939. The summed E-state index contributed by atoms with van der Waals surface area (Å²) in [6.07, 6.45) is 3.42. The van der Waals surface area contributed by atoms with Gasteiger partial charge in [0.15, 0.2) is 0 Å². The number of amides is 1. The molecule has 0 aliphatic rings. The Morgan fingerprint density at radius 2 is 1.88 bits per heavy atom. The van der Waals surface area contributed by atoms with Crippen molar-refractivity contribution in [3.05, 3.63) is 83.1 Å². The molecular weight excluding hydrogens is 331 g/mol. The Balaban J connectivity index is 0.00000196. The van der Waals surface area contributed by atoms with Gasteiger partial charge in [0, 0.05) is 33.2 Å². The van der Waals surface area contributed by atoms with Crippen molar-refractivity contribution >= 4 is 17.4 Å². The van der Waals surface area contributed by atoms with E-state index in [9.17, 15) is 9.18 Å². The van der Waals surface area contributed by atoms with E-state index in [0.717, 1.165) is 11.3 Å². The Kier molecular flexibility index (Phi) is 5.22. The Morgan fingerprint density at radius 1 is 1.12 bits per heavy atom. The number of carbonyl (C=O) groups is 1. The molecule has 2 heterocycles. The molecule has 0 saturated carbocycles. The van der Waals surface area contributed by atoms with Crippen molar-refractivity contribution in [1.82, 2.24) is 9.97 Å². The first-order chi connectivity index (χ1) is 12.5. The summed E-state index contributed by atoms with van der Waals surface area (Å²) in [7, 11) is 0. The molecular formula is C20H23FN4O. The SMILES string of the molecule is Cc1ccc(C(=O)Nc2ccc(C)c(F)c2)c(NCc2ccncc2)n1.[HH].[HH]. The topological polar surface area (TPSA) is 66.9 Å². The zero-order valence-corrected chi connectivity index (χ0v) is 14.6. The van der Waals surface area contributed by atoms with Crippen LogP contribution in [-0.4, -0.2) is 15.9 Å². The maximum absolute atomic E-state index is 13.7. The van der Waals surface area contributed by atoms with Gasteiger partial charge in [-0.15, -0.1) is 0 Å². The van der Waals surface area contributed by atoms with E-state index >= 15 is 0 Å². The third kappa shape index (κ3) is 4.22. The van der Waals surface area contributed by atoms with Gasteiger partial charge in [0.1, 0.15) is 11.6 Å². The minimum absolute atomic E-state index is 0. The molecule has 0 radical (unpaired) electrons. The number of aryl methyl sites for hydroxylation is 2. The second-order valence-electron chi connectivity index (χ2n) is 5.98. The van der Waals surface area contributed by atoms with Crippen LogP contribution in [-0.2, 0) is 6.54 Å². The molecule has 136 valence electrons. The lowest BCUT2D eigenvalue weighted by Crippen LogP contribution is -2.16. The van der Waals surface area contributed by atoms with E-state index in [2.05, 4.69) is 20.6 Å². The Morgan fingerprint density at radius 3 is 2.62 bits per heavy atom. The summed E-state index contributed by atoms with van der Waals surface area (Å²) >= 11 is 0. The summed E-state index contributed by atoms with van der Waals surface area (Å²) in [6.45, 7) is 4.04. The predicted octanol–water partition coefficient (Wildman–Crippen LogP) is 4.59. The van der Waals surface area contributed by atoms with Crippen LogP contribution in [0.5, 0.6) is 0 Å². The third-order valence-corrected chi connectivity index (χ3v) is 3.92. The molecule has 3 aromatic rings. The second kappa shape index (κ2) is 7.74. The summed E-state index contributed by atoms with van der Waals surface area (Å²) < 4.78 is 13.7. The second-order valence-corrected chi connectivity index (χ2v) is 5.98. The van der Waals surface area contributed by atoms with Crippen LogP contribution in [0.25, 0.3) is 0 Å². The fourth-order valence-corrected chi connectivity index (χ4v) is 2.43. The van der Waals surface area contributed by atoms with Gasteiger partial charge in [0.2, 0.25) is 0 Å². The van der Waals surface area contributed by atoms with Crippen molar-refractivity contribution in [2.75, 3.05) is 10.6 Å². The van der Waals surface area contributed by atoms with Crippen LogP contribution in [0.3, 0.4) is 0 Å². The standard InChI is InChI=1S/C20H19FN4O.2H2/c1-13-3-5-16(11-18(13)21)25-20(26)17-6-4-14(2)24-19(17)23-12-15-7-9-22-10-8-15;;/h3-11H,12H2,1-2H3,(H,23,24)(H,25,26);2*1H. The van der Waals surface area contributed by atoms with Crippen LogP contribution >= 0.6 is 0 Å². The maximum atomic E-state index is 13.7. The molecule has 0 bridgehead atoms. The summed E-state index contributed by atoms with van der Waals surface area (Å²) in [4.78, 5) is 21.0. The highest BCUT2D eigenvalue weighted by atomic mass is 19.1. The molecule has 1 aromatic carbocycles. The highest BCUT2D eigenvalue weighted by Gasteiger charge is 2.14. The first-order valence-electron chi connectivity index (χ1n) is 8.21. The van der Waals surface area contributed by atoms with Crippen molar-refractivity contribution < 1.29 is 12.0 Å². The normalized spacial score (nSPS) is 10.4. The predicted molar refractivity (Wildman–Crippen MR) is 104 cm³/mol. The number of carbonyl (C=O) groups excluding carboxylic acids is 1. The molecule has 2 N–H and O–H groups in total. The number of anilines is 2. The fourth-order valence-electron chi connectivity index (χ4n) is 2.43. The van der Waals surface area contributed by atoms with Crippen molar-refractivity contribution in [2.24, 2.45) is 0 Å². The van der Waals surface area contributed by atoms with Crippen molar-refractivity contribution in [3.63, 3.8) is 0 Å². The quantitative estimate of drug-likeness (QED) is 0.703. The summed E-state index contributed by atoms with van der Waals surface area (Å²) in [5.74, 6) is -0.231. The van der Waals surface area contributed by atoms with E-state index in [1.165, 1.54) is 6.07 Å². The number of nitrogens with one attached hydrogen (secondary N) is 2. The average Bonchev–Trinajstić information content (AvgIpc) is 2.64. The highest BCUT2D eigenvalue weighted by Crippen LogP contribution is 2.19. The number of halogens is 1. The lowest BCUT2D eigenvalue weighted by Gasteiger charge is -2.12. The minimum Gasteiger partial charge on any atom is -0.365 e. The van der Waals surface area contributed by atoms with E-state index in [-0.39, 0.29) is 14.6 Å². The van der Waals surface area contributed by atoms with E-state index in [1.807, 2.05) is 19.1 Å². The van der Waals surface area contributed by atoms with Crippen LogP contribution in [0.15, 0.2) is 54.9 Å². The minimum atomic E-state index is -0.360. The number of hydrogen-bond acceptors (Lipinski definition) is 4. The lowest BCUT2D eigenvalue weighted by molar-refractivity contribution is 0.102. The molecule has 0 aliphatic heterocycles. The molecule has 0 atom stereocenters. The molecule has 0 aliphatic carbocycles. The number of rotatable bonds is 5. The largest absolute Gasteiger partial charge is 0.365 e. The molecule has 0 fully saturated rings. The van der Waals surface area contributed by atoms with Crippen LogP contribution in [0.2, 0.25) is 0 Å². The monoisotopic (exact) mass is 354 g/mol. The molecule has 0 spiro atoms. The van der Waals surface area contributed by atoms with Gasteiger partial charge in [-0.25, -0.2) is 9.37 Å². The van der Waals surface area contributed by atoms with E-state index < -0.39 is 0 Å². The Hall–Kier alpha value is -3.28. The van der Waals surface area contributed by atoms with Gasteiger partial charge in [0.05, 0.1) is 5.56 Å². The molecule has 26 heavy (non-hydrogen) atoms. The summed E-state index contributed by atoms with van der Waals surface area (Å²) in [5.41, 5.74) is 3.14. The molecule has 6 heteroatoms. The zero-order chi connectivity index (χ0) is 18.5. The third-order valence-electron chi connectivity index (χ3n) is 3.92. The molecule has 1 amide bonds. The van der Waals surface area contributed by atoms with Crippen LogP contribution < -0.4 is 10.6 Å². The summed E-state index contributed by atoms with van der Waals surface area (Å²) in [6, 6.07) is 11.8. The van der Waals surface area contributed by atoms with E-state index in [4.69, 9.17) is 0 Å². The smallest absolute Gasteiger partial charge is 0.259 e. The molecule has 0 saturated heterocycles. The number of benzene rings is 1.